The van der Waals surface area contributed by atoms with Crippen molar-refractivity contribution < 1.29 is 23.1 Å². The highest BCUT2D eigenvalue weighted by Crippen LogP contribution is 2.45. The van der Waals surface area contributed by atoms with Gasteiger partial charge in [0.1, 0.15) is 0 Å². The molecule has 0 saturated heterocycles. The van der Waals surface area contributed by atoms with Crippen molar-refractivity contribution in [2.75, 3.05) is 4.72 Å². The maximum atomic E-state index is 14.2. The van der Waals surface area contributed by atoms with Gasteiger partial charge >= 0.3 is 0 Å². The number of sulfonamides is 1. The highest BCUT2D eigenvalue weighted by molar-refractivity contribution is 7.92. The van der Waals surface area contributed by atoms with Gasteiger partial charge in [-0.25, -0.2) is 13.4 Å². The molecule has 1 saturated carbocycles. The second-order valence-corrected chi connectivity index (χ2v) is 13.2. The van der Waals surface area contributed by atoms with Gasteiger partial charge in [0, 0.05) is 46.5 Å². The number of benzene rings is 4. The fourth-order valence-corrected chi connectivity index (χ4v) is 7.08. The standard InChI is InChI=1S/C33H26ClN5O7S/c34-25-11-13-26(14-12-25)36-47(45,46)29-5-1-4-24(20-29)33(40)37-32(22-9-17-28(18-10-22)39(43)44)30-6-2-3-23(31(30)35-37)19-21-7-15-27(16-8-21)38(41)42/h1,4-5,7-20,30,32,36H,2-3,6H2/b23-19+/t30-,32-/m1/s1. The van der Waals surface area contributed by atoms with Gasteiger partial charge in [-0.15, -0.1) is 0 Å². The van der Waals surface area contributed by atoms with Crippen molar-refractivity contribution >= 4 is 56.4 Å². The van der Waals surface area contributed by atoms with Crippen LogP contribution in [0.3, 0.4) is 0 Å². The summed E-state index contributed by atoms with van der Waals surface area (Å²) in [6, 6.07) is 23.2. The zero-order valence-corrected chi connectivity index (χ0v) is 26.1. The maximum Gasteiger partial charge on any atom is 0.274 e. The number of carbonyl (C=O) groups excluding carboxylic acids is 1. The molecular weight excluding hydrogens is 646 g/mol. The Morgan fingerprint density at radius 1 is 0.915 bits per heavy atom. The van der Waals surface area contributed by atoms with Gasteiger partial charge in [-0.05, 0) is 96.6 Å². The summed E-state index contributed by atoms with van der Waals surface area (Å²) >= 11 is 5.92. The topological polar surface area (TPSA) is 165 Å². The van der Waals surface area contributed by atoms with Crippen LogP contribution in [-0.4, -0.2) is 34.9 Å². The molecule has 0 aromatic heterocycles. The van der Waals surface area contributed by atoms with Crippen LogP contribution in [0.4, 0.5) is 17.1 Å². The van der Waals surface area contributed by atoms with E-state index in [1.807, 2.05) is 6.08 Å². The van der Waals surface area contributed by atoms with Crippen molar-refractivity contribution in [2.45, 2.75) is 30.2 Å². The lowest BCUT2D eigenvalue weighted by atomic mass is 9.77. The molecule has 1 aliphatic heterocycles. The first-order chi connectivity index (χ1) is 22.5. The molecule has 2 aliphatic rings. The third-order valence-electron chi connectivity index (χ3n) is 8.09. The number of nitro groups is 2. The summed E-state index contributed by atoms with van der Waals surface area (Å²) in [7, 11) is -4.07. The van der Waals surface area contributed by atoms with E-state index < -0.39 is 31.8 Å². The van der Waals surface area contributed by atoms with Crippen LogP contribution in [-0.2, 0) is 10.0 Å². The van der Waals surface area contributed by atoms with Gasteiger partial charge in [0.05, 0.1) is 26.5 Å². The number of hydrogen-bond acceptors (Lipinski definition) is 8. The molecule has 47 heavy (non-hydrogen) atoms. The number of nitrogens with one attached hydrogen (secondary N) is 1. The van der Waals surface area contributed by atoms with Crippen molar-refractivity contribution in [3.63, 3.8) is 0 Å². The molecule has 6 rings (SSSR count). The zero-order chi connectivity index (χ0) is 33.3. The molecule has 12 nitrogen and oxygen atoms in total. The molecule has 2 atom stereocenters. The maximum absolute atomic E-state index is 14.2. The average molecular weight is 672 g/mol. The molecule has 1 aliphatic carbocycles. The molecule has 1 fully saturated rings. The number of hydrazone groups is 1. The Labute approximate surface area is 274 Å². The number of non-ortho nitro benzene ring substituents is 2. The highest BCUT2D eigenvalue weighted by Gasteiger charge is 2.44. The van der Waals surface area contributed by atoms with E-state index >= 15 is 0 Å². The molecule has 14 heteroatoms. The van der Waals surface area contributed by atoms with Gasteiger partial charge in [0.25, 0.3) is 27.3 Å². The van der Waals surface area contributed by atoms with Crippen molar-refractivity contribution in [1.29, 1.82) is 0 Å². The lowest BCUT2D eigenvalue weighted by Gasteiger charge is -2.29. The predicted octanol–water partition coefficient (Wildman–Crippen LogP) is 7.39. The molecule has 0 bridgehead atoms. The van der Waals surface area contributed by atoms with Crippen LogP contribution in [0, 0.1) is 26.1 Å². The zero-order valence-electron chi connectivity index (χ0n) is 24.5. The Morgan fingerprint density at radius 2 is 1.55 bits per heavy atom. The van der Waals surface area contributed by atoms with Crippen molar-refractivity contribution in [2.24, 2.45) is 11.0 Å². The number of nitro benzene ring substituents is 2. The van der Waals surface area contributed by atoms with Gasteiger partial charge in [0.2, 0.25) is 0 Å². The van der Waals surface area contributed by atoms with Gasteiger partial charge in [-0.2, -0.15) is 5.10 Å². The normalized spacial score (nSPS) is 18.4. The van der Waals surface area contributed by atoms with Crippen LogP contribution < -0.4 is 4.72 Å². The first-order valence-electron chi connectivity index (χ1n) is 14.5. The Kier molecular flexibility index (Phi) is 8.58. The van der Waals surface area contributed by atoms with E-state index in [2.05, 4.69) is 4.72 Å². The minimum atomic E-state index is -4.07. The van der Waals surface area contributed by atoms with E-state index in [1.165, 1.54) is 65.7 Å². The first kappa shape index (κ1) is 31.6. The minimum absolute atomic E-state index is 0.0329. The second-order valence-electron chi connectivity index (χ2n) is 11.1. The molecule has 0 spiro atoms. The summed E-state index contributed by atoms with van der Waals surface area (Å²) in [5.74, 6) is -0.801. The average Bonchev–Trinajstić information content (AvgIpc) is 3.46. The van der Waals surface area contributed by atoms with E-state index in [9.17, 15) is 33.4 Å². The van der Waals surface area contributed by atoms with Gasteiger partial charge in [-0.3, -0.25) is 29.7 Å². The lowest BCUT2D eigenvalue weighted by Crippen LogP contribution is -2.32. The van der Waals surface area contributed by atoms with Crippen LogP contribution >= 0.6 is 11.6 Å². The number of hydrogen-bond donors (Lipinski definition) is 1. The van der Waals surface area contributed by atoms with Gasteiger partial charge in [-0.1, -0.05) is 29.8 Å². The molecule has 238 valence electrons. The van der Waals surface area contributed by atoms with Gasteiger partial charge < -0.3 is 0 Å². The highest BCUT2D eigenvalue weighted by atomic mass is 35.5. The fraction of sp³-hybridized carbons (Fsp3) is 0.152. The number of fused-ring (bicyclic) bond motifs is 1. The molecular formula is C33H26ClN5O7S. The lowest BCUT2D eigenvalue weighted by molar-refractivity contribution is -0.385. The Morgan fingerprint density at radius 3 is 2.19 bits per heavy atom. The molecule has 1 amide bonds. The molecule has 0 radical (unpaired) electrons. The Hall–Kier alpha value is -5.40. The molecule has 1 N–H and O–H groups in total. The van der Waals surface area contributed by atoms with E-state index in [0.717, 1.165) is 17.6 Å². The number of anilines is 1. The van der Waals surface area contributed by atoms with Crippen LogP contribution in [0.1, 0.15) is 46.8 Å². The monoisotopic (exact) mass is 671 g/mol. The predicted molar refractivity (Wildman–Crippen MR) is 177 cm³/mol. The van der Waals surface area contributed by atoms with Crippen molar-refractivity contribution in [3.8, 4) is 0 Å². The largest absolute Gasteiger partial charge is 0.280 e. The summed E-state index contributed by atoms with van der Waals surface area (Å²) in [6.07, 6.45) is 4.01. The summed E-state index contributed by atoms with van der Waals surface area (Å²) in [5.41, 5.74) is 3.15. The third kappa shape index (κ3) is 6.62. The van der Waals surface area contributed by atoms with Crippen LogP contribution in [0.15, 0.2) is 113 Å². The van der Waals surface area contributed by atoms with Crippen LogP contribution in [0.5, 0.6) is 0 Å². The van der Waals surface area contributed by atoms with E-state index in [1.54, 1.807) is 36.4 Å². The molecule has 4 aromatic rings. The smallest absolute Gasteiger partial charge is 0.274 e. The second kappa shape index (κ2) is 12.8. The summed E-state index contributed by atoms with van der Waals surface area (Å²) in [6.45, 7) is 0. The Balaban J connectivity index is 1.37. The number of carbonyl (C=O) groups is 1. The number of amides is 1. The SMILES string of the molecule is O=C(c1cccc(S(=O)(=O)Nc2ccc(Cl)cc2)c1)N1N=C2/C(=C/c3ccc([N+](=O)[O-])cc3)CCC[C@H]2[C@H]1c1ccc([N+](=O)[O-])cc1. The quantitative estimate of drug-likeness (QED) is 0.151. The van der Waals surface area contributed by atoms with E-state index in [4.69, 9.17) is 16.7 Å². The summed E-state index contributed by atoms with van der Waals surface area (Å²) in [5, 5.41) is 29.1. The molecule has 0 unspecified atom stereocenters. The fourth-order valence-electron chi connectivity index (χ4n) is 5.85. The third-order valence-corrected chi connectivity index (χ3v) is 9.72. The number of rotatable bonds is 8. The van der Waals surface area contributed by atoms with Crippen molar-refractivity contribution in [3.05, 3.63) is 145 Å². The number of halogens is 1. The van der Waals surface area contributed by atoms with Crippen molar-refractivity contribution in [1.82, 2.24) is 5.01 Å². The summed E-state index contributed by atoms with van der Waals surface area (Å²) in [4.78, 5) is 35.6. The van der Waals surface area contributed by atoms with Gasteiger partial charge in [0.15, 0.2) is 0 Å². The molecule has 1 heterocycles. The molecule has 4 aromatic carbocycles. The van der Waals surface area contributed by atoms with Crippen LogP contribution in [0.2, 0.25) is 5.02 Å². The first-order valence-corrected chi connectivity index (χ1v) is 16.4. The minimum Gasteiger partial charge on any atom is -0.280 e. The van der Waals surface area contributed by atoms with E-state index in [0.29, 0.717) is 34.8 Å². The number of allylic oxidation sites excluding steroid dienone is 1. The summed E-state index contributed by atoms with van der Waals surface area (Å²) < 4.78 is 29.0. The van der Waals surface area contributed by atoms with E-state index in [-0.39, 0.29) is 27.8 Å². The van der Waals surface area contributed by atoms with Crippen LogP contribution in [0.25, 0.3) is 6.08 Å². The Bertz CT molecular complexity index is 2050. The number of nitrogens with zero attached hydrogens (tertiary/aromatic N) is 4.